The molecule has 0 saturated heterocycles. The summed E-state index contributed by atoms with van der Waals surface area (Å²) < 4.78 is 31.8. The monoisotopic (exact) mass is 334 g/mol. The maximum Gasteiger partial charge on any atom is 0.327 e. The number of amides is 1. The van der Waals surface area contributed by atoms with Gasteiger partial charge in [0.1, 0.15) is 17.7 Å². The first-order valence-corrected chi connectivity index (χ1v) is 7.12. The van der Waals surface area contributed by atoms with Gasteiger partial charge in [-0.2, -0.15) is 0 Å². The van der Waals surface area contributed by atoms with Crippen LogP contribution in [-0.4, -0.2) is 25.5 Å². The number of ether oxygens (including phenoxy) is 1. The Balaban J connectivity index is 2.08. The van der Waals surface area contributed by atoms with E-state index < -0.39 is 29.6 Å². The van der Waals surface area contributed by atoms with Crippen molar-refractivity contribution in [2.24, 2.45) is 0 Å². The molecule has 2 rings (SSSR count). The van der Waals surface area contributed by atoms with Crippen molar-refractivity contribution in [3.8, 4) is 0 Å². The van der Waals surface area contributed by atoms with Gasteiger partial charge in [0.2, 0.25) is 5.91 Å². The highest BCUT2D eigenvalue weighted by Crippen LogP contribution is 2.19. The Morgan fingerprint density at radius 1 is 1.12 bits per heavy atom. The summed E-state index contributed by atoms with van der Waals surface area (Å²) in [7, 11) is 1.12. The Morgan fingerprint density at radius 3 is 2.50 bits per heavy atom. The van der Waals surface area contributed by atoms with E-state index in [1.807, 2.05) is 0 Å². The van der Waals surface area contributed by atoms with Crippen LogP contribution < -0.4 is 10.6 Å². The number of para-hydroxylation sites is 1. The molecule has 2 aromatic rings. The van der Waals surface area contributed by atoms with Gasteiger partial charge in [-0.05, 0) is 30.3 Å². The summed E-state index contributed by atoms with van der Waals surface area (Å²) in [4.78, 5) is 23.8. The standard InChI is InChI=1S/C17H16F2N2O3/c1-24-17(23)16(13-9-11(18)7-8-14(13)19)20-10-15(22)21-12-5-3-2-4-6-12/h2-9,16,20H,10H2,1H3,(H,21,22)/t16-/m1/s1. The molecule has 0 fully saturated rings. The van der Waals surface area contributed by atoms with Gasteiger partial charge in [-0.3, -0.25) is 10.1 Å². The highest BCUT2D eigenvalue weighted by molar-refractivity contribution is 5.92. The molecule has 0 saturated carbocycles. The van der Waals surface area contributed by atoms with E-state index in [0.717, 1.165) is 25.3 Å². The minimum atomic E-state index is -1.30. The number of rotatable bonds is 6. The SMILES string of the molecule is COC(=O)[C@H](NCC(=O)Nc1ccccc1)c1cc(F)ccc1F. The zero-order valence-electron chi connectivity index (χ0n) is 12.9. The molecule has 126 valence electrons. The van der Waals surface area contributed by atoms with Crippen LogP contribution >= 0.6 is 0 Å². The lowest BCUT2D eigenvalue weighted by Gasteiger charge is -2.17. The van der Waals surface area contributed by atoms with Crippen molar-refractivity contribution < 1.29 is 23.1 Å². The number of hydrogen-bond acceptors (Lipinski definition) is 4. The minimum absolute atomic E-state index is 0.227. The molecular formula is C17H16F2N2O3. The third-order valence-electron chi connectivity index (χ3n) is 3.23. The summed E-state index contributed by atoms with van der Waals surface area (Å²) in [5, 5.41) is 5.19. The van der Waals surface area contributed by atoms with Crippen LogP contribution in [-0.2, 0) is 14.3 Å². The Hall–Kier alpha value is -2.80. The maximum atomic E-state index is 13.9. The number of carbonyl (C=O) groups excluding carboxylic acids is 2. The number of anilines is 1. The zero-order chi connectivity index (χ0) is 17.5. The molecule has 0 bridgehead atoms. The van der Waals surface area contributed by atoms with Crippen molar-refractivity contribution in [2.75, 3.05) is 19.0 Å². The lowest BCUT2D eigenvalue weighted by atomic mass is 10.1. The van der Waals surface area contributed by atoms with Gasteiger partial charge in [0, 0.05) is 11.3 Å². The normalized spacial score (nSPS) is 11.6. The number of halogens is 2. The first kappa shape index (κ1) is 17.6. The fourth-order valence-electron chi connectivity index (χ4n) is 2.10. The van der Waals surface area contributed by atoms with E-state index in [0.29, 0.717) is 5.69 Å². The minimum Gasteiger partial charge on any atom is -0.468 e. The van der Waals surface area contributed by atoms with Crippen molar-refractivity contribution in [2.45, 2.75) is 6.04 Å². The third kappa shape index (κ3) is 4.60. The van der Waals surface area contributed by atoms with Crippen LogP contribution in [0.1, 0.15) is 11.6 Å². The number of carbonyl (C=O) groups is 2. The number of methoxy groups -OCH3 is 1. The van der Waals surface area contributed by atoms with Gasteiger partial charge >= 0.3 is 5.97 Å². The predicted octanol–water partition coefficient (Wildman–Crippen LogP) is 2.41. The van der Waals surface area contributed by atoms with Crippen molar-refractivity contribution in [1.82, 2.24) is 5.32 Å². The molecule has 0 aliphatic heterocycles. The summed E-state index contributed by atoms with van der Waals surface area (Å²) in [5.41, 5.74) is 0.352. The van der Waals surface area contributed by atoms with Gasteiger partial charge in [0.05, 0.1) is 13.7 Å². The average Bonchev–Trinajstić information content (AvgIpc) is 2.58. The molecule has 0 aromatic heterocycles. The molecule has 0 spiro atoms. The molecule has 1 atom stereocenters. The summed E-state index contributed by atoms with van der Waals surface area (Å²) in [6, 6.07) is 10.1. The van der Waals surface area contributed by atoms with Crippen LogP contribution in [0.25, 0.3) is 0 Å². The van der Waals surface area contributed by atoms with Crippen molar-refractivity contribution in [1.29, 1.82) is 0 Å². The molecule has 0 aliphatic rings. The Kier molecular flexibility index (Phi) is 5.97. The molecular weight excluding hydrogens is 318 g/mol. The van der Waals surface area contributed by atoms with E-state index in [9.17, 15) is 18.4 Å². The third-order valence-corrected chi connectivity index (χ3v) is 3.23. The average molecular weight is 334 g/mol. The number of benzene rings is 2. The molecule has 7 heteroatoms. The van der Waals surface area contributed by atoms with Gasteiger partial charge in [-0.15, -0.1) is 0 Å². The highest BCUT2D eigenvalue weighted by atomic mass is 19.1. The van der Waals surface area contributed by atoms with E-state index in [-0.39, 0.29) is 12.1 Å². The predicted molar refractivity (Wildman–Crippen MR) is 84.2 cm³/mol. The molecule has 0 unspecified atom stereocenters. The number of esters is 1. The topological polar surface area (TPSA) is 67.4 Å². The van der Waals surface area contributed by atoms with Crippen LogP contribution in [0.2, 0.25) is 0 Å². The van der Waals surface area contributed by atoms with E-state index >= 15 is 0 Å². The van der Waals surface area contributed by atoms with Crippen LogP contribution in [0, 0.1) is 11.6 Å². The zero-order valence-corrected chi connectivity index (χ0v) is 12.9. The Labute approximate surface area is 137 Å². The van der Waals surface area contributed by atoms with Crippen molar-refractivity contribution in [3.05, 3.63) is 65.7 Å². The molecule has 1 amide bonds. The Bertz CT molecular complexity index is 723. The van der Waals surface area contributed by atoms with Gasteiger partial charge in [0.15, 0.2) is 0 Å². The van der Waals surface area contributed by atoms with Gasteiger partial charge in [-0.1, -0.05) is 18.2 Å². The van der Waals surface area contributed by atoms with Crippen molar-refractivity contribution >= 4 is 17.6 Å². The van der Waals surface area contributed by atoms with Gasteiger partial charge < -0.3 is 10.1 Å². The summed E-state index contributed by atoms with van der Waals surface area (Å²) in [5.74, 6) is -2.74. The second-order valence-electron chi connectivity index (χ2n) is 4.92. The second kappa shape index (κ2) is 8.16. The van der Waals surface area contributed by atoms with Crippen LogP contribution in [0.15, 0.2) is 48.5 Å². The number of nitrogens with one attached hydrogen (secondary N) is 2. The molecule has 0 radical (unpaired) electrons. The van der Waals surface area contributed by atoms with E-state index in [4.69, 9.17) is 0 Å². The molecule has 0 aliphatic carbocycles. The maximum absolute atomic E-state index is 13.9. The summed E-state index contributed by atoms with van der Waals surface area (Å²) in [6.07, 6.45) is 0. The van der Waals surface area contributed by atoms with Crippen LogP contribution in [0.3, 0.4) is 0 Å². The number of hydrogen-bond donors (Lipinski definition) is 2. The fraction of sp³-hybridized carbons (Fsp3) is 0.176. The lowest BCUT2D eigenvalue weighted by molar-refractivity contribution is -0.143. The second-order valence-corrected chi connectivity index (χ2v) is 4.92. The summed E-state index contributed by atoms with van der Waals surface area (Å²) in [6.45, 7) is -0.287. The van der Waals surface area contributed by atoms with Crippen LogP contribution in [0.5, 0.6) is 0 Å². The van der Waals surface area contributed by atoms with Gasteiger partial charge in [0.25, 0.3) is 0 Å². The first-order chi connectivity index (χ1) is 11.5. The van der Waals surface area contributed by atoms with Crippen molar-refractivity contribution in [3.63, 3.8) is 0 Å². The highest BCUT2D eigenvalue weighted by Gasteiger charge is 2.25. The van der Waals surface area contributed by atoms with Gasteiger partial charge in [-0.25, -0.2) is 13.6 Å². The van der Waals surface area contributed by atoms with E-state index in [1.54, 1.807) is 30.3 Å². The fourth-order valence-corrected chi connectivity index (χ4v) is 2.10. The lowest BCUT2D eigenvalue weighted by Crippen LogP contribution is -2.36. The smallest absolute Gasteiger partial charge is 0.327 e. The molecule has 2 N–H and O–H groups in total. The molecule has 24 heavy (non-hydrogen) atoms. The largest absolute Gasteiger partial charge is 0.468 e. The van der Waals surface area contributed by atoms with Crippen LogP contribution in [0.4, 0.5) is 14.5 Å². The van der Waals surface area contributed by atoms with E-state index in [1.165, 1.54) is 0 Å². The molecule has 5 nitrogen and oxygen atoms in total. The van der Waals surface area contributed by atoms with E-state index in [2.05, 4.69) is 15.4 Å². The molecule has 2 aromatic carbocycles. The molecule has 0 heterocycles. The first-order valence-electron chi connectivity index (χ1n) is 7.12. The summed E-state index contributed by atoms with van der Waals surface area (Å²) >= 11 is 0. The quantitative estimate of drug-likeness (QED) is 0.796. The Morgan fingerprint density at radius 2 is 1.83 bits per heavy atom.